The van der Waals surface area contributed by atoms with Crippen LogP contribution in [0.25, 0.3) is 0 Å². The Morgan fingerprint density at radius 2 is 2.12 bits per heavy atom. The highest BCUT2D eigenvalue weighted by Crippen LogP contribution is 2.38. The Labute approximate surface area is 156 Å². The molecule has 0 saturated carbocycles. The lowest BCUT2D eigenvalue weighted by atomic mass is 9.70. The third kappa shape index (κ3) is 5.41. The van der Waals surface area contributed by atoms with Crippen LogP contribution >= 0.6 is 0 Å². The van der Waals surface area contributed by atoms with Crippen LogP contribution < -0.4 is 5.32 Å². The summed E-state index contributed by atoms with van der Waals surface area (Å²) in [5.41, 5.74) is 1.65. The zero-order valence-electron chi connectivity index (χ0n) is 16.2. The lowest BCUT2D eigenvalue weighted by molar-refractivity contribution is -0.144. The van der Waals surface area contributed by atoms with Gasteiger partial charge in [0.05, 0.1) is 13.0 Å². The summed E-state index contributed by atoms with van der Waals surface area (Å²) in [5, 5.41) is 3.01. The molecule has 2 rings (SSSR count). The number of nitrogens with one attached hydrogen (secondary N) is 1. The van der Waals surface area contributed by atoms with Gasteiger partial charge in [0.1, 0.15) is 5.69 Å². The van der Waals surface area contributed by atoms with Gasteiger partial charge in [-0.15, -0.1) is 0 Å². The molecular formula is C21H30N2O3. The predicted octanol–water partition coefficient (Wildman–Crippen LogP) is 3.62. The molecule has 1 aromatic heterocycles. The van der Waals surface area contributed by atoms with Crippen molar-refractivity contribution in [2.24, 2.45) is 23.7 Å². The first-order valence-corrected chi connectivity index (χ1v) is 9.45. The van der Waals surface area contributed by atoms with E-state index in [0.717, 1.165) is 6.42 Å². The molecule has 1 aliphatic carbocycles. The van der Waals surface area contributed by atoms with E-state index in [1.807, 2.05) is 13.0 Å². The van der Waals surface area contributed by atoms with Crippen molar-refractivity contribution < 1.29 is 14.3 Å². The number of allylic oxidation sites excluding steroid dienone is 1. The molecule has 0 bridgehead atoms. The first-order chi connectivity index (χ1) is 12.4. The Morgan fingerprint density at radius 3 is 2.73 bits per heavy atom. The summed E-state index contributed by atoms with van der Waals surface area (Å²) in [6.07, 6.45) is 5.24. The van der Waals surface area contributed by atoms with Gasteiger partial charge in [-0.25, -0.2) is 0 Å². The SMILES string of the molecule is CCOC(=O)CC1CC(C(C)C)C(CNC(=O)c2ccccn2)C=C1C. The molecule has 1 aliphatic rings. The number of carbonyl (C=O) groups excluding carboxylic acids is 2. The number of ether oxygens (including phenoxy) is 1. The number of pyridine rings is 1. The molecule has 3 unspecified atom stereocenters. The summed E-state index contributed by atoms with van der Waals surface area (Å²) >= 11 is 0. The van der Waals surface area contributed by atoms with Crippen LogP contribution in [0.1, 0.15) is 51.0 Å². The van der Waals surface area contributed by atoms with E-state index in [1.165, 1.54) is 5.57 Å². The molecule has 0 spiro atoms. The molecule has 26 heavy (non-hydrogen) atoms. The smallest absolute Gasteiger partial charge is 0.306 e. The van der Waals surface area contributed by atoms with Crippen LogP contribution in [0.4, 0.5) is 0 Å². The molecule has 0 aromatic carbocycles. The second-order valence-electron chi connectivity index (χ2n) is 7.35. The number of rotatable bonds is 7. The summed E-state index contributed by atoms with van der Waals surface area (Å²) in [7, 11) is 0. The molecule has 5 heteroatoms. The fraction of sp³-hybridized carbons (Fsp3) is 0.571. The average molecular weight is 358 g/mol. The van der Waals surface area contributed by atoms with Gasteiger partial charge in [-0.05, 0) is 56.1 Å². The van der Waals surface area contributed by atoms with Crippen LogP contribution in [0.5, 0.6) is 0 Å². The molecule has 0 aliphatic heterocycles. The maximum atomic E-state index is 12.3. The van der Waals surface area contributed by atoms with Crippen LogP contribution in [0.2, 0.25) is 0 Å². The molecule has 5 nitrogen and oxygen atoms in total. The van der Waals surface area contributed by atoms with Crippen LogP contribution in [0, 0.1) is 23.7 Å². The molecule has 1 N–H and O–H groups in total. The Balaban J connectivity index is 2.03. The van der Waals surface area contributed by atoms with Crippen LogP contribution in [-0.2, 0) is 9.53 Å². The quantitative estimate of drug-likeness (QED) is 0.597. The van der Waals surface area contributed by atoms with Crippen molar-refractivity contribution in [3.8, 4) is 0 Å². The van der Waals surface area contributed by atoms with Crippen molar-refractivity contribution in [3.63, 3.8) is 0 Å². The maximum Gasteiger partial charge on any atom is 0.306 e. The standard InChI is InChI=1S/C21H30N2O3/c1-5-26-20(24)12-16-11-18(14(2)3)17(10-15(16)4)13-23-21(25)19-8-6-7-9-22-19/h6-10,14,16-18H,5,11-13H2,1-4H3,(H,23,25). The van der Waals surface area contributed by atoms with Crippen LogP contribution in [-0.4, -0.2) is 30.0 Å². The number of hydrogen-bond acceptors (Lipinski definition) is 4. The largest absolute Gasteiger partial charge is 0.466 e. The minimum absolute atomic E-state index is 0.130. The van der Waals surface area contributed by atoms with E-state index in [2.05, 4.69) is 37.1 Å². The first-order valence-electron chi connectivity index (χ1n) is 9.45. The van der Waals surface area contributed by atoms with Gasteiger partial charge in [-0.3, -0.25) is 14.6 Å². The van der Waals surface area contributed by atoms with Gasteiger partial charge in [0.15, 0.2) is 0 Å². The van der Waals surface area contributed by atoms with E-state index in [4.69, 9.17) is 4.74 Å². The van der Waals surface area contributed by atoms with Gasteiger partial charge >= 0.3 is 5.97 Å². The molecule has 0 saturated heterocycles. The summed E-state index contributed by atoms with van der Waals surface area (Å²) in [6, 6.07) is 5.32. The fourth-order valence-corrected chi connectivity index (χ4v) is 3.73. The molecule has 3 atom stereocenters. The molecule has 0 radical (unpaired) electrons. The van der Waals surface area contributed by atoms with E-state index in [-0.39, 0.29) is 23.7 Å². The van der Waals surface area contributed by atoms with Gasteiger partial charge in [0, 0.05) is 12.7 Å². The summed E-state index contributed by atoms with van der Waals surface area (Å²) in [5.74, 6) is 1.11. The monoisotopic (exact) mass is 358 g/mol. The number of hydrogen-bond donors (Lipinski definition) is 1. The average Bonchev–Trinajstić information content (AvgIpc) is 2.62. The first kappa shape index (κ1) is 20.1. The Bertz CT molecular complexity index is 640. The van der Waals surface area contributed by atoms with Gasteiger partial charge in [-0.2, -0.15) is 0 Å². The van der Waals surface area contributed by atoms with Crippen LogP contribution in [0.3, 0.4) is 0 Å². The van der Waals surface area contributed by atoms with E-state index < -0.39 is 0 Å². The molecule has 1 heterocycles. The van der Waals surface area contributed by atoms with Crippen molar-refractivity contribution >= 4 is 11.9 Å². The predicted molar refractivity (Wildman–Crippen MR) is 102 cm³/mol. The molecular weight excluding hydrogens is 328 g/mol. The van der Waals surface area contributed by atoms with Crippen LogP contribution in [0.15, 0.2) is 36.0 Å². The minimum Gasteiger partial charge on any atom is -0.466 e. The number of esters is 1. The Kier molecular flexibility index (Phi) is 7.37. The van der Waals surface area contributed by atoms with E-state index >= 15 is 0 Å². The van der Waals surface area contributed by atoms with E-state index in [0.29, 0.717) is 37.1 Å². The normalized spacial score (nSPS) is 22.7. The summed E-state index contributed by atoms with van der Waals surface area (Å²) in [6.45, 7) is 9.32. The third-order valence-electron chi connectivity index (χ3n) is 5.20. The second-order valence-corrected chi connectivity index (χ2v) is 7.35. The van der Waals surface area contributed by atoms with Crippen molar-refractivity contribution in [2.45, 2.75) is 40.5 Å². The molecule has 0 fully saturated rings. The molecule has 1 amide bonds. The fourth-order valence-electron chi connectivity index (χ4n) is 3.73. The van der Waals surface area contributed by atoms with Crippen molar-refractivity contribution in [1.29, 1.82) is 0 Å². The van der Waals surface area contributed by atoms with E-state index in [1.54, 1.807) is 18.3 Å². The van der Waals surface area contributed by atoms with Gasteiger partial charge in [0.25, 0.3) is 5.91 Å². The topological polar surface area (TPSA) is 68.3 Å². The maximum absolute atomic E-state index is 12.3. The lowest BCUT2D eigenvalue weighted by Crippen LogP contribution is -2.37. The van der Waals surface area contributed by atoms with Crippen molar-refractivity contribution in [1.82, 2.24) is 10.3 Å². The Hall–Kier alpha value is -2.17. The van der Waals surface area contributed by atoms with Gasteiger partial charge in [0.2, 0.25) is 0 Å². The summed E-state index contributed by atoms with van der Waals surface area (Å²) < 4.78 is 5.11. The van der Waals surface area contributed by atoms with E-state index in [9.17, 15) is 9.59 Å². The zero-order chi connectivity index (χ0) is 19.1. The third-order valence-corrected chi connectivity index (χ3v) is 5.20. The van der Waals surface area contributed by atoms with Gasteiger partial charge < -0.3 is 10.1 Å². The lowest BCUT2D eigenvalue weighted by Gasteiger charge is -2.37. The van der Waals surface area contributed by atoms with Crippen molar-refractivity contribution in [2.75, 3.05) is 13.2 Å². The summed E-state index contributed by atoms with van der Waals surface area (Å²) in [4.78, 5) is 28.2. The Morgan fingerprint density at radius 1 is 1.35 bits per heavy atom. The highest BCUT2D eigenvalue weighted by Gasteiger charge is 2.33. The minimum atomic E-state index is -0.146. The van der Waals surface area contributed by atoms with Gasteiger partial charge in [-0.1, -0.05) is 31.6 Å². The zero-order valence-corrected chi connectivity index (χ0v) is 16.2. The second kappa shape index (κ2) is 9.51. The molecule has 1 aromatic rings. The highest BCUT2D eigenvalue weighted by atomic mass is 16.5. The molecule has 142 valence electrons. The number of nitrogens with zero attached hydrogens (tertiary/aromatic N) is 1. The number of carbonyl (C=O) groups is 2. The van der Waals surface area contributed by atoms with Crippen molar-refractivity contribution in [3.05, 3.63) is 41.7 Å². The number of aromatic nitrogens is 1. The number of amides is 1. The highest BCUT2D eigenvalue weighted by molar-refractivity contribution is 5.92.